The van der Waals surface area contributed by atoms with Crippen LogP contribution in [-0.2, 0) is 0 Å². The number of nitrogens with one attached hydrogen (secondary N) is 2. The van der Waals surface area contributed by atoms with E-state index >= 15 is 0 Å². The number of hydrogen-bond acceptors (Lipinski definition) is 6. The fraction of sp³-hybridized carbons (Fsp3) is 0.222. The molecule has 0 unspecified atom stereocenters. The highest BCUT2D eigenvalue weighted by Crippen LogP contribution is 2.29. The molecule has 0 aliphatic carbocycles. The maximum absolute atomic E-state index is 13.2. The molecule has 0 bridgehead atoms. The zero-order valence-electron chi connectivity index (χ0n) is 19.1. The molecule has 5 rings (SSSR count). The fourth-order valence-electron chi connectivity index (χ4n) is 4.31. The second-order valence-electron chi connectivity index (χ2n) is 8.24. The third-order valence-corrected chi connectivity index (χ3v) is 5.94. The molecule has 34 heavy (non-hydrogen) atoms. The molecule has 0 saturated carbocycles. The lowest BCUT2D eigenvalue weighted by atomic mass is 10.0. The van der Waals surface area contributed by atoms with Crippen molar-refractivity contribution in [2.45, 2.75) is 19.8 Å². The summed E-state index contributed by atoms with van der Waals surface area (Å²) in [6, 6.07) is 21.2. The number of ether oxygens (including phenoxy) is 1. The van der Waals surface area contributed by atoms with E-state index in [2.05, 4.69) is 25.7 Å². The summed E-state index contributed by atoms with van der Waals surface area (Å²) in [5.41, 5.74) is 3.18. The molecule has 2 heterocycles. The van der Waals surface area contributed by atoms with Gasteiger partial charge in [-0.25, -0.2) is 0 Å². The lowest BCUT2D eigenvalue weighted by Gasteiger charge is -2.17. The Labute approximate surface area is 198 Å². The quantitative estimate of drug-likeness (QED) is 0.378. The largest absolute Gasteiger partial charge is 0.493 e. The van der Waals surface area contributed by atoms with Crippen LogP contribution in [0.3, 0.4) is 0 Å². The molecule has 2 N–H and O–H groups in total. The number of nitrogens with zero attached hydrogens (tertiary/aromatic N) is 3. The van der Waals surface area contributed by atoms with Crippen molar-refractivity contribution in [1.82, 2.24) is 10.2 Å². The summed E-state index contributed by atoms with van der Waals surface area (Å²) in [6.45, 7) is 4.51. The number of aromatic nitrogens is 2. The molecule has 7 heteroatoms. The van der Waals surface area contributed by atoms with E-state index in [9.17, 15) is 4.79 Å². The van der Waals surface area contributed by atoms with Gasteiger partial charge >= 0.3 is 0 Å². The van der Waals surface area contributed by atoms with Crippen molar-refractivity contribution in [3.8, 4) is 5.75 Å². The number of anilines is 4. The smallest absolute Gasteiger partial charge is 0.260 e. The van der Waals surface area contributed by atoms with E-state index in [1.807, 2.05) is 73.7 Å². The van der Waals surface area contributed by atoms with Gasteiger partial charge in [0.25, 0.3) is 5.91 Å². The van der Waals surface area contributed by atoms with Gasteiger partial charge in [0.2, 0.25) is 0 Å². The van der Waals surface area contributed by atoms with E-state index in [4.69, 9.17) is 4.74 Å². The standard InChI is InChI=1S/C27H27N5O2/c1-2-34-24-14-9-19-7-3-4-8-23(19)26(24)27(33)30-21-12-10-20(11-13-21)29-25-17-22(18-28-31-25)32-15-5-6-16-32/h3-4,7-14,17-18H,2,5-6,15-16H2,1H3,(H,29,31)(H,30,33). The molecule has 4 aromatic rings. The summed E-state index contributed by atoms with van der Waals surface area (Å²) >= 11 is 0. The van der Waals surface area contributed by atoms with Crippen LogP contribution in [0.5, 0.6) is 5.75 Å². The Kier molecular flexibility index (Phi) is 6.25. The highest BCUT2D eigenvalue weighted by atomic mass is 16.5. The van der Waals surface area contributed by atoms with E-state index in [0.29, 0.717) is 29.4 Å². The lowest BCUT2D eigenvalue weighted by Crippen LogP contribution is -2.18. The van der Waals surface area contributed by atoms with Crippen molar-refractivity contribution in [2.75, 3.05) is 35.2 Å². The fourth-order valence-corrected chi connectivity index (χ4v) is 4.31. The molecule has 7 nitrogen and oxygen atoms in total. The molecule has 0 spiro atoms. The SMILES string of the molecule is CCOc1ccc2ccccc2c1C(=O)Nc1ccc(Nc2cc(N3CCCC3)cnn2)cc1. The van der Waals surface area contributed by atoms with E-state index in [1.165, 1.54) is 12.8 Å². The maximum atomic E-state index is 13.2. The molecular formula is C27H27N5O2. The van der Waals surface area contributed by atoms with E-state index in [-0.39, 0.29) is 5.91 Å². The average Bonchev–Trinajstić information content (AvgIpc) is 3.41. The average molecular weight is 454 g/mol. The van der Waals surface area contributed by atoms with Crippen LogP contribution in [0, 0.1) is 0 Å². The monoisotopic (exact) mass is 453 g/mol. The van der Waals surface area contributed by atoms with Crippen LogP contribution < -0.4 is 20.3 Å². The van der Waals surface area contributed by atoms with Gasteiger partial charge in [0, 0.05) is 30.5 Å². The van der Waals surface area contributed by atoms with Gasteiger partial charge in [-0.1, -0.05) is 30.3 Å². The molecule has 3 aromatic carbocycles. The topological polar surface area (TPSA) is 79.4 Å². The number of fused-ring (bicyclic) bond motifs is 1. The third-order valence-electron chi connectivity index (χ3n) is 5.94. The van der Waals surface area contributed by atoms with Gasteiger partial charge in [-0.05, 0) is 60.9 Å². The van der Waals surface area contributed by atoms with Gasteiger partial charge in [0.05, 0.1) is 24.1 Å². The van der Waals surface area contributed by atoms with Crippen molar-refractivity contribution >= 4 is 39.6 Å². The summed E-state index contributed by atoms with van der Waals surface area (Å²) in [4.78, 5) is 15.6. The Balaban J connectivity index is 1.32. The summed E-state index contributed by atoms with van der Waals surface area (Å²) in [5, 5.41) is 16.5. The van der Waals surface area contributed by atoms with Crippen LogP contribution in [-0.4, -0.2) is 35.8 Å². The summed E-state index contributed by atoms with van der Waals surface area (Å²) in [6.07, 6.45) is 4.23. The van der Waals surface area contributed by atoms with Crippen LogP contribution in [0.4, 0.5) is 22.9 Å². The van der Waals surface area contributed by atoms with Gasteiger partial charge in [0.1, 0.15) is 5.75 Å². The van der Waals surface area contributed by atoms with Crippen molar-refractivity contribution < 1.29 is 9.53 Å². The summed E-state index contributed by atoms with van der Waals surface area (Å²) in [7, 11) is 0. The highest BCUT2D eigenvalue weighted by Gasteiger charge is 2.17. The van der Waals surface area contributed by atoms with Crippen molar-refractivity contribution in [3.63, 3.8) is 0 Å². The minimum atomic E-state index is -0.204. The predicted molar refractivity (Wildman–Crippen MR) is 136 cm³/mol. The number of rotatable bonds is 7. The molecule has 0 radical (unpaired) electrons. The van der Waals surface area contributed by atoms with Gasteiger partial charge in [0.15, 0.2) is 5.82 Å². The van der Waals surface area contributed by atoms with Crippen molar-refractivity contribution in [1.29, 1.82) is 0 Å². The first-order valence-electron chi connectivity index (χ1n) is 11.6. The Morgan fingerprint density at radius 1 is 1.00 bits per heavy atom. The first-order chi connectivity index (χ1) is 16.7. The summed E-state index contributed by atoms with van der Waals surface area (Å²) in [5.74, 6) is 1.07. The Morgan fingerprint density at radius 2 is 1.76 bits per heavy atom. The van der Waals surface area contributed by atoms with Gasteiger partial charge in [-0.15, -0.1) is 5.10 Å². The minimum Gasteiger partial charge on any atom is -0.493 e. The number of carbonyl (C=O) groups is 1. The highest BCUT2D eigenvalue weighted by molar-refractivity contribution is 6.15. The Morgan fingerprint density at radius 3 is 2.56 bits per heavy atom. The Bertz CT molecular complexity index is 1300. The number of benzene rings is 3. The van der Waals surface area contributed by atoms with Crippen LogP contribution in [0.25, 0.3) is 10.8 Å². The lowest BCUT2D eigenvalue weighted by molar-refractivity contribution is 0.102. The minimum absolute atomic E-state index is 0.204. The first-order valence-corrected chi connectivity index (χ1v) is 11.6. The maximum Gasteiger partial charge on any atom is 0.260 e. The van der Waals surface area contributed by atoms with Crippen molar-refractivity contribution in [3.05, 3.63) is 78.5 Å². The van der Waals surface area contributed by atoms with E-state index < -0.39 is 0 Å². The molecule has 1 aromatic heterocycles. The van der Waals surface area contributed by atoms with Gasteiger partial charge < -0.3 is 20.3 Å². The zero-order valence-corrected chi connectivity index (χ0v) is 19.1. The molecular weight excluding hydrogens is 426 g/mol. The molecule has 172 valence electrons. The second-order valence-corrected chi connectivity index (χ2v) is 8.24. The van der Waals surface area contributed by atoms with E-state index in [1.54, 1.807) is 6.20 Å². The zero-order chi connectivity index (χ0) is 23.3. The Hall–Kier alpha value is -4.13. The van der Waals surface area contributed by atoms with Gasteiger partial charge in [-0.2, -0.15) is 5.10 Å². The molecule has 1 amide bonds. The first kappa shape index (κ1) is 21.7. The molecule has 1 fully saturated rings. The van der Waals surface area contributed by atoms with Crippen LogP contribution in [0.15, 0.2) is 72.9 Å². The summed E-state index contributed by atoms with van der Waals surface area (Å²) < 4.78 is 5.75. The third kappa shape index (κ3) is 4.64. The predicted octanol–water partition coefficient (Wildman–Crippen LogP) is 5.62. The second kappa shape index (κ2) is 9.79. The number of carbonyl (C=O) groups excluding carboxylic acids is 1. The molecule has 1 saturated heterocycles. The molecule has 1 aliphatic rings. The van der Waals surface area contributed by atoms with Crippen LogP contribution >= 0.6 is 0 Å². The molecule has 1 aliphatic heterocycles. The normalized spacial score (nSPS) is 13.1. The molecule has 0 atom stereocenters. The van der Waals surface area contributed by atoms with Crippen molar-refractivity contribution in [2.24, 2.45) is 0 Å². The number of hydrogen-bond donors (Lipinski definition) is 2. The number of amides is 1. The van der Waals surface area contributed by atoms with Gasteiger partial charge in [-0.3, -0.25) is 4.79 Å². The van der Waals surface area contributed by atoms with Crippen LogP contribution in [0.2, 0.25) is 0 Å². The van der Waals surface area contributed by atoms with E-state index in [0.717, 1.165) is 35.2 Å². The van der Waals surface area contributed by atoms with Crippen LogP contribution in [0.1, 0.15) is 30.1 Å².